The summed E-state index contributed by atoms with van der Waals surface area (Å²) >= 11 is 3.09. The summed E-state index contributed by atoms with van der Waals surface area (Å²) in [7, 11) is 0. The molecule has 34 nitrogen and oxygen atoms in total. The second-order valence-electron chi connectivity index (χ2n) is 35.4. The van der Waals surface area contributed by atoms with Crippen LogP contribution in [-0.4, -0.2) is 242 Å². The number of aliphatic hydroxyl groups excluding tert-OH is 1. The molecule has 2 aromatic heterocycles. The first kappa shape index (κ1) is 98.8. The average Bonchev–Trinajstić information content (AvgIpc) is 1.65. The number of rotatable bonds is 11. The number of carboxylic acids is 1. The molecule has 0 unspecified atom stereocenters. The van der Waals surface area contributed by atoms with Gasteiger partial charge in [-0.2, -0.15) is 11.8 Å². The number of fused-ring (bicyclic) bond motifs is 14. The zero-order chi connectivity index (χ0) is 94.6. The van der Waals surface area contributed by atoms with E-state index in [0.29, 0.717) is 72.7 Å². The van der Waals surface area contributed by atoms with Crippen molar-refractivity contribution in [3.8, 4) is 0 Å². The molecule has 702 valence electrons. The predicted molar refractivity (Wildman–Crippen MR) is 495 cm³/mol. The Hall–Kier alpha value is -12.2. The van der Waals surface area contributed by atoms with E-state index in [-0.39, 0.29) is 137 Å². The number of carbonyl (C=O) groups is 17. The number of hydrogen-bond donors (Lipinski definition) is 13. The number of aliphatic hydroxyl groups is 1. The maximum absolute atomic E-state index is 15.7. The van der Waals surface area contributed by atoms with E-state index in [4.69, 9.17) is 5.73 Å². The number of aliphatic carboxylic acids is 1. The molecule has 1 aliphatic carbocycles. The molecule has 1 saturated carbocycles. The number of nitrogens with two attached hydrogens (primary N) is 1. The highest BCUT2D eigenvalue weighted by Gasteiger charge is 2.43. The van der Waals surface area contributed by atoms with Gasteiger partial charge in [0.25, 0.3) is 0 Å². The summed E-state index contributed by atoms with van der Waals surface area (Å²) in [6.45, 7) is 6.89. The van der Waals surface area contributed by atoms with Crippen LogP contribution in [0.4, 0.5) is 0 Å². The van der Waals surface area contributed by atoms with E-state index < -0.39 is 198 Å². The van der Waals surface area contributed by atoms with Gasteiger partial charge in [0, 0.05) is 141 Å². The summed E-state index contributed by atoms with van der Waals surface area (Å²) < 4.78 is 0. The molecule has 2 fully saturated rings. The SMILES string of the molecule is CC(=O)C[C@H]1CSCC(=O)N2Cc3cccc(c3)CN3Cc4cccc(c4)CN(Cc4cccc(c4)C2)C(=O)CSC[C@H](NC(=O)[C@@H]2CCC[C@@H](O)[C@H](CC1=O)C(=O)C2)C(=O)N[C@@H](Cc1c[nH]c2ccccc12)C(=O)N[C@@H](C(C)C)C(=O)N[C@@H](CC(=O)O)C(=O)NCC(=O)N[C@@H](Cc1c[nH]c2ccccc12)C(=O)N[C@@H](C(C)C)C(=O)N1CCC[C@H]1C(=O)N[C@H](C(N)=O)CSCC3=O. The van der Waals surface area contributed by atoms with Gasteiger partial charge in [-0.15, -0.1) is 23.5 Å². The topological polar surface area (TPSA) is 497 Å². The third-order valence-electron chi connectivity index (χ3n) is 24.5. The molecular weight excluding hydrogens is 1750 g/mol. The van der Waals surface area contributed by atoms with Crippen LogP contribution in [0.15, 0.2) is 134 Å². The molecule has 0 radical (unpaired) electrons. The molecule has 14 N–H and O–H groups in total. The largest absolute Gasteiger partial charge is 0.481 e. The standard InChI is InChI=1S/C95H115N15O19S3/c1-53(2)85-94(128)102-73(37-84(119)120)89(123)99-40-80(115)100-71(33-63-38-97-69-24-8-6-22-66(63)69)90(124)106-86(54(3)4)95(129)110-28-14-26-76(110)93(127)103-74(87(96)121)48-131-51-82(117)108-43-58-17-10-15-56(30-58)41-107-42-57-16-11-19-60(31-57)45-109(46-61-20-12-18-59(32-61)44-108)83(118)52-132-49-75(92(126)101-72(91(125)105-85)34-64-39-98-70-25-9-7-23-67(64)70)104-88(122)62-21-13-27-77(112)68(79(114)35-62)36-78(113)65(29-55(5)111)47-130-50-81(107)116/h6-12,15-20,22-25,30-32,38-39,53-54,62,65,68,71-77,85-86,97-98,112H,13-14,21,26-29,33-37,40-52H2,1-5H3,(H2,96,121)(H,99,123)(H,100,115)(H,101,126)(H,102,128)(H,103,127)(H,104,122)(H,105,125)(H,106,124)(H,119,120)/t62-,65+,68+,71+,72+,73+,74+,75+,76+,77-,85+,86+/m1/s1. The molecule has 7 aromatic rings. The quantitative estimate of drug-likeness (QED) is 0.0857. The minimum atomic E-state index is -1.94. The third-order valence-corrected chi connectivity index (χ3v) is 27.7. The smallest absolute Gasteiger partial charge is 0.305 e. The van der Waals surface area contributed by atoms with Gasteiger partial charge in [-0.3, -0.25) is 76.7 Å². The Morgan fingerprint density at radius 3 is 1.46 bits per heavy atom. The van der Waals surface area contributed by atoms with E-state index in [0.717, 1.165) is 35.3 Å². The number of hydrogen-bond acceptors (Lipinski definition) is 21. The van der Waals surface area contributed by atoms with Gasteiger partial charge in [0.15, 0.2) is 0 Å². The van der Waals surface area contributed by atoms with Gasteiger partial charge in [-0.25, -0.2) is 0 Å². The number of para-hydroxylation sites is 2. The number of benzene rings is 5. The minimum Gasteiger partial charge on any atom is -0.481 e. The number of Topliss-reactive ketones (excluding diaryl/α,β-unsaturated/α-hetero) is 3. The fraction of sp³-hybridized carbons (Fsp3) is 0.463. The number of amides is 13. The van der Waals surface area contributed by atoms with Crippen molar-refractivity contribution in [2.45, 2.75) is 199 Å². The summed E-state index contributed by atoms with van der Waals surface area (Å²) in [5, 5.41) is 44.6. The zero-order valence-corrected chi connectivity index (χ0v) is 76.8. The molecule has 12 bridgehead atoms. The molecule has 12 rings (SSSR count). The van der Waals surface area contributed by atoms with Gasteiger partial charge in [0.2, 0.25) is 76.8 Å². The van der Waals surface area contributed by atoms with Crippen LogP contribution in [0.3, 0.4) is 0 Å². The van der Waals surface area contributed by atoms with Crippen LogP contribution >= 0.6 is 35.3 Å². The van der Waals surface area contributed by atoms with E-state index in [1.807, 2.05) is 60.7 Å². The fourth-order valence-electron chi connectivity index (χ4n) is 17.4. The highest BCUT2D eigenvalue weighted by Crippen LogP contribution is 2.32. The maximum atomic E-state index is 15.7. The lowest BCUT2D eigenvalue weighted by Crippen LogP contribution is -2.61. The molecular formula is C95H115N15O19S3. The first-order valence-electron chi connectivity index (χ1n) is 44.5. The van der Waals surface area contributed by atoms with Crippen LogP contribution in [0.1, 0.15) is 137 Å². The van der Waals surface area contributed by atoms with Crippen LogP contribution < -0.4 is 48.3 Å². The lowest BCUT2D eigenvalue weighted by molar-refractivity contribution is -0.143. The van der Waals surface area contributed by atoms with E-state index in [1.54, 1.807) is 115 Å². The van der Waals surface area contributed by atoms with Crippen molar-refractivity contribution in [2.24, 2.45) is 35.3 Å². The maximum Gasteiger partial charge on any atom is 0.305 e. The first-order valence-corrected chi connectivity index (χ1v) is 48.0. The number of aromatic amines is 2. The summed E-state index contributed by atoms with van der Waals surface area (Å²) in [4.78, 5) is 261. The predicted octanol–water partition coefficient (Wildman–Crippen LogP) is 4.32. The van der Waals surface area contributed by atoms with Gasteiger partial charge < -0.3 is 92.8 Å². The number of ketones is 3. The average molecular weight is 1870 g/mol. The second-order valence-corrected chi connectivity index (χ2v) is 38.5. The molecule has 6 heterocycles. The van der Waals surface area contributed by atoms with E-state index in [9.17, 15) is 58.2 Å². The summed E-state index contributed by atoms with van der Waals surface area (Å²) in [5.74, 6) is -19.9. The minimum absolute atomic E-state index is 0.00493. The van der Waals surface area contributed by atoms with Crippen molar-refractivity contribution < 1.29 is 91.7 Å². The van der Waals surface area contributed by atoms with Gasteiger partial charge in [-0.05, 0) is 101 Å². The van der Waals surface area contributed by atoms with E-state index in [1.165, 1.54) is 11.8 Å². The number of thioether (sulfide) groups is 3. The number of nitrogens with one attached hydrogen (secondary N) is 10. The van der Waals surface area contributed by atoms with Crippen molar-refractivity contribution in [1.82, 2.24) is 72.1 Å². The van der Waals surface area contributed by atoms with Crippen molar-refractivity contribution in [2.75, 3.05) is 47.6 Å². The Kier molecular flexibility index (Phi) is 34.6. The number of carboxylic acid groups (broad SMARTS) is 1. The Morgan fingerprint density at radius 2 is 0.962 bits per heavy atom. The summed E-state index contributed by atoms with van der Waals surface area (Å²) in [6.07, 6.45) is -0.257. The van der Waals surface area contributed by atoms with Gasteiger partial charge in [0.05, 0.1) is 42.2 Å². The summed E-state index contributed by atoms with van der Waals surface area (Å²) in [6, 6.07) is 24.0. The van der Waals surface area contributed by atoms with Gasteiger partial charge in [-0.1, -0.05) is 143 Å². The molecule has 1 saturated heterocycles. The molecule has 5 aromatic carbocycles. The number of H-pyrrole nitrogens is 2. The summed E-state index contributed by atoms with van der Waals surface area (Å²) in [5.41, 5.74) is 12.3. The third kappa shape index (κ3) is 26.8. The number of nitrogens with zero attached hydrogens (tertiary/aromatic N) is 4. The van der Waals surface area contributed by atoms with E-state index >= 15 is 33.6 Å². The van der Waals surface area contributed by atoms with Crippen LogP contribution in [0.5, 0.6) is 0 Å². The van der Waals surface area contributed by atoms with Crippen LogP contribution in [0, 0.1) is 29.6 Å². The van der Waals surface area contributed by atoms with Crippen LogP contribution in [0.2, 0.25) is 0 Å². The van der Waals surface area contributed by atoms with Gasteiger partial charge in [0.1, 0.15) is 65.7 Å². The Morgan fingerprint density at radius 1 is 0.477 bits per heavy atom. The molecule has 5 aliphatic rings. The molecule has 37 heteroatoms. The Labute approximate surface area is 776 Å². The highest BCUT2D eigenvalue weighted by atomic mass is 32.2. The van der Waals surface area contributed by atoms with E-state index in [2.05, 4.69) is 52.5 Å². The van der Waals surface area contributed by atoms with Crippen molar-refractivity contribution in [1.29, 1.82) is 0 Å². The molecule has 0 spiro atoms. The fourth-order valence-corrected chi connectivity index (χ4v) is 20.4. The first-order chi connectivity index (χ1) is 63.2. The molecule has 13 amide bonds. The van der Waals surface area contributed by atoms with Crippen LogP contribution in [-0.2, 0) is 134 Å². The molecule has 4 aliphatic heterocycles. The molecule has 12 atom stereocenters. The Balaban J connectivity index is 0.934. The lowest BCUT2D eigenvalue weighted by atomic mass is 9.78. The van der Waals surface area contributed by atoms with Crippen molar-refractivity contribution in [3.05, 3.63) is 178 Å². The number of primary amides is 1. The second kappa shape index (κ2) is 46.2. The van der Waals surface area contributed by atoms with Crippen molar-refractivity contribution in [3.63, 3.8) is 0 Å². The molecule has 132 heavy (non-hydrogen) atoms. The van der Waals surface area contributed by atoms with Gasteiger partial charge >= 0.3 is 5.97 Å². The lowest BCUT2D eigenvalue weighted by Gasteiger charge is -2.32. The normalized spacial score (nSPS) is 24.8. The Bertz CT molecular complexity index is 5490. The number of aromatic nitrogens is 2. The van der Waals surface area contributed by atoms with Crippen molar-refractivity contribution >= 4 is 157 Å². The zero-order valence-electron chi connectivity index (χ0n) is 74.4. The number of carbonyl (C=O) groups excluding carboxylic acids is 16. The highest BCUT2D eigenvalue weighted by molar-refractivity contribution is 8.00. The van der Waals surface area contributed by atoms with Crippen LogP contribution in [0.25, 0.3) is 21.8 Å². The monoisotopic (exact) mass is 1870 g/mol.